The van der Waals surface area contributed by atoms with Gasteiger partial charge in [-0.25, -0.2) is 8.42 Å². The third kappa shape index (κ3) is 3.54. The van der Waals surface area contributed by atoms with Crippen molar-refractivity contribution in [2.24, 2.45) is 0 Å². The molecular formula is C17H18N4O4S. The standard InChI is InChI=1S/C17H18N4O4S/c22-26(23,12-15-14-6-1-2-7-16(14)25-20-15)21-10-4-5-13(11-21)24-17-8-3-9-18-19-17/h1-3,6-9,13H,4-5,10-12H2. The van der Waals surface area contributed by atoms with Gasteiger partial charge in [-0.15, -0.1) is 5.10 Å². The van der Waals surface area contributed by atoms with Gasteiger partial charge in [0, 0.05) is 24.2 Å². The fraction of sp³-hybridized carbons (Fsp3) is 0.353. The van der Waals surface area contributed by atoms with E-state index in [0.717, 1.165) is 18.2 Å². The maximum absolute atomic E-state index is 12.9. The topological polar surface area (TPSA) is 98.4 Å². The average Bonchev–Trinajstić information content (AvgIpc) is 3.05. The molecule has 0 radical (unpaired) electrons. The molecule has 1 aliphatic heterocycles. The van der Waals surface area contributed by atoms with Crippen molar-refractivity contribution in [3.05, 3.63) is 48.3 Å². The Labute approximate surface area is 150 Å². The summed E-state index contributed by atoms with van der Waals surface area (Å²) in [5, 5.41) is 12.3. The van der Waals surface area contributed by atoms with Crippen LogP contribution in [0.1, 0.15) is 18.5 Å². The van der Waals surface area contributed by atoms with E-state index in [0.29, 0.717) is 23.7 Å². The molecule has 1 atom stereocenters. The van der Waals surface area contributed by atoms with E-state index < -0.39 is 10.0 Å². The van der Waals surface area contributed by atoms with E-state index >= 15 is 0 Å². The monoisotopic (exact) mass is 374 g/mol. The SMILES string of the molecule is O=S(=O)(Cc1noc2ccccc12)N1CCCC(Oc2cccnn2)C1. The van der Waals surface area contributed by atoms with Crippen molar-refractivity contribution in [1.29, 1.82) is 0 Å². The number of rotatable bonds is 5. The summed E-state index contributed by atoms with van der Waals surface area (Å²) in [6.45, 7) is 0.757. The second kappa shape index (κ2) is 7.00. The minimum absolute atomic E-state index is 0.193. The maximum atomic E-state index is 12.9. The van der Waals surface area contributed by atoms with Crippen LogP contribution in [0.5, 0.6) is 5.88 Å². The second-order valence-corrected chi connectivity index (χ2v) is 8.15. The number of sulfonamides is 1. The molecule has 3 aromatic rings. The molecule has 2 aromatic heterocycles. The molecule has 3 heterocycles. The van der Waals surface area contributed by atoms with Crippen LogP contribution in [0.15, 0.2) is 47.1 Å². The molecule has 0 bridgehead atoms. The molecule has 8 nitrogen and oxygen atoms in total. The van der Waals surface area contributed by atoms with Gasteiger partial charge in [0.1, 0.15) is 17.6 Å². The molecular weight excluding hydrogens is 356 g/mol. The van der Waals surface area contributed by atoms with Gasteiger partial charge >= 0.3 is 0 Å². The van der Waals surface area contributed by atoms with Crippen molar-refractivity contribution in [1.82, 2.24) is 19.7 Å². The molecule has 1 fully saturated rings. The number of aromatic nitrogens is 3. The zero-order valence-corrected chi connectivity index (χ0v) is 14.8. The van der Waals surface area contributed by atoms with Gasteiger partial charge in [0.25, 0.3) is 0 Å². The minimum Gasteiger partial charge on any atom is -0.472 e. The van der Waals surface area contributed by atoms with Gasteiger partial charge in [0.05, 0.1) is 6.54 Å². The maximum Gasteiger partial charge on any atom is 0.233 e. The lowest BCUT2D eigenvalue weighted by Gasteiger charge is -2.31. The lowest BCUT2D eigenvalue weighted by molar-refractivity contribution is 0.123. The van der Waals surface area contributed by atoms with Crippen LogP contribution in [0.4, 0.5) is 0 Å². The number of piperidine rings is 1. The van der Waals surface area contributed by atoms with Crippen LogP contribution >= 0.6 is 0 Å². The number of hydrogen-bond donors (Lipinski definition) is 0. The Morgan fingerprint density at radius 3 is 2.96 bits per heavy atom. The smallest absolute Gasteiger partial charge is 0.233 e. The normalized spacial score (nSPS) is 18.8. The third-order valence-corrected chi connectivity index (χ3v) is 6.10. The molecule has 26 heavy (non-hydrogen) atoms. The molecule has 136 valence electrons. The van der Waals surface area contributed by atoms with Crippen molar-refractivity contribution >= 4 is 21.0 Å². The first-order valence-corrected chi connectivity index (χ1v) is 9.98. The Morgan fingerprint density at radius 1 is 1.23 bits per heavy atom. The summed E-state index contributed by atoms with van der Waals surface area (Å²) < 4.78 is 38.2. The van der Waals surface area contributed by atoms with Crippen LogP contribution in [0.2, 0.25) is 0 Å². The summed E-state index contributed by atoms with van der Waals surface area (Å²) >= 11 is 0. The Hall–Kier alpha value is -2.52. The number of ether oxygens (including phenoxy) is 1. The Bertz CT molecular complexity index is 990. The molecule has 0 saturated carbocycles. The number of para-hydroxylation sites is 1. The van der Waals surface area contributed by atoms with E-state index in [2.05, 4.69) is 15.4 Å². The van der Waals surface area contributed by atoms with E-state index in [1.807, 2.05) is 18.2 Å². The average molecular weight is 374 g/mol. The van der Waals surface area contributed by atoms with Crippen LogP contribution in [0.25, 0.3) is 11.0 Å². The highest BCUT2D eigenvalue weighted by molar-refractivity contribution is 7.88. The minimum atomic E-state index is -3.53. The van der Waals surface area contributed by atoms with Crippen molar-refractivity contribution in [3.63, 3.8) is 0 Å². The predicted octanol–water partition coefficient (Wildman–Crippen LogP) is 1.99. The van der Waals surface area contributed by atoms with E-state index in [4.69, 9.17) is 9.26 Å². The zero-order chi connectivity index (χ0) is 18.0. The summed E-state index contributed by atoms with van der Waals surface area (Å²) in [4.78, 5) is 0. The van der Waals surface area contributed by atoms with Gasteiger partial charge in [-0.3, -0.25) is 0 Å². The lowest BCUT2D eigenvalue weighted by Crippen LogP contribution is -2.44. The van der Waals surface area contributed by atoms with Crippen molar-refractivity contribution in [2.45, 2.75) is 24.7 Å². The molecule has 1 saturated heterocycles. The first kappa shape index (κ1) is 16.9. The fourth-order valence-electron chi connectivity index (χ4n) is 3.08. The van der Waals surface area contributed by atoms with Crippen LogP contribution in [0.3, 0.4) is 0 Å². The molecule has 9 heteroatoms. The molecule has 0 N–H and O–H groups in total. The highest BCUT2D eigenvalue weighted by atomic mass is 32.2. The van der Waals surface area contributed by atoms with Crippen molar-refractivity contribution in [3.8, 4) is 5.88 Å². The molecule has 0 spiro atoms. The van der Waals surface area contributed by atoms with Gasteiger partial charge in [0.2, 0.25) is 15.9 Å². The molecule has 1 aromatic carbocycles. The summed E-state index contributed by atoms with van der Waals surface area (Å²) in [5.41, 5.74) is 1.01. The lowest BCUT2D eigenvalue weighted by atomic mass is 10.1. The number of fused-ring (bicyclic) bond motifs is 1. The molecule has 0 aliphatic carbocycles. The van der Waals surface area contributed by atoms with Crippen LogP contribution in [0, 0.1) is 0 Å². The molecule has 0 amide bonds. The molecule has 4 rings (SSSR count). The van der Waals surface area contributed by atoms with Gasteiger partial charge in [-0.1, -0.05) is 17.3 Å². The Kier molecular flexibility index (Phi) is 4.56. The third-order valence-electron chi connectivity index (χ3n) is 4.34. The predicted molar refractivity (Wildman–Crippen MR) is 93.9 cm³/mol. The first-order chi connectivity index (χ1) is 12.6. The van der Waals surface area contributed by atoms with E-state index in [9.17, 15) is 8.42 Å². The van der Waals surface area contributed by atoms with Gasteiger partial charge in [0.15, 0.2) is 5.58 Å². The Morgan fingerprint density at radius 2 is 2.12 bits per heavy atom. The van der Waals surface area contributed by atoms with E-state index in [1.54, 1.807) is 24.4 Å². The van der Waals surface area contributed by atoms with Crippen LogP contribution < -0.4 is 4.74 Å². The first-order valence-electron chi connectivity index (χ1n) is 8.37. The summed E-state index contributed by atoms with van der Waals surface area (Å²) in [6.07, 6.45) is 2.82. The number of hydrogen-bond acceptors (Lipinski definition) is 7. The van der Waals surface area contributed by atoms with Gasteiger partial charge in [-0.2, -0.15) is 9.40 Å². The summed E-state index contributed by atoms with van der Waals surface area (Å²) in [6, 6.07) is 10.7. The largest absolute Gasteiger partial charge is 0.472 e. The van der Waals surface area contributed by atoms with Crippen molar-refractivity contribution in [2.75, 3.05) is 13.1 Å². The fourth-order valence-corrected chi connectivity index (χ4v) is 4.62. The highest BCUT2D eigenvalue weighted by Gasteiger charge is 2.31. The van der Waals surface area contributed by atoms with Crippen LogP contribution in [-0.4, -0.2) is 47.3 Å². The molecule has 1 unspecified atom stereocenters. The zero-order valence-electron chi connectivity index (χ0n) is 14.0. The number of benzene rings is 1. The van der Waals surface area contributed by atoms with Gasteiger partial charge < -0.3 is 9.26 Å². The quantitative estimate of drug-likeness (QED) is 0.673. The van der Waals surface area contributed by atoms with E-state index in [1.165, 1.54) is 4.31 Å². The van der Waals surface area contributed by atoms with Crippen molar-refractivity contribution < 1.29 is 17.7 Å². The highest BCUT2D eigenvalue weighted by Crippen LogP contribution is 2.24. The van der Waals surface area contributed by atoms with E-state index in [-0.39, 0.29) is 18.4 Å². The Balaban J connectivity index is 1.48. The van der Waals surface area contributed by atoms with Gasteiger partial charge in [-0.05, 0) is 31.0 Å². The number of nitrogens with zero attached hydrogens (tertiary/aromatic N) is 4. The summed E-state index contributed by atoms with van der Waals surface area (Å²) in [5.74, 6) is 0.209. The van der Waals surface area contributed by atoms with Crippen LogP contribution in [-0.2, 0) is 15.8 Å². The summed E-state index contributed by atoms with van der Waals surface area (Å²) in [7, 11) is -3.53. The molecule has 1 aliphatic rings. The second-order valence-electron chi connectivity index (χ2n) is 6.18.